The van der Waals surface area contributed by atoms with Crippen molar-refractivity contribution in [3.63, 3.8) is 0 Å². The Morgan fingerprint density at radius 2 is 1.09 bits per heavy atom. The first-order valence-corrected chi connectivity index (χ1v) is 5.73. The van der Waals surface area contributed by atoms with E-state index in [2.05, 4.69) is 0 Å². The Hall–Kier alpha value is -0.931. The second-order valence-electron chi connectivity index (χ2n) is 1.72. The van der Waals surface area contributed by atoms with Gasteiger partial charge in [0.2, 0.25) is 0 Å². The molecule has 0 aromatic carbocycles. The minimum atomic E-state index is -4.15. The predicted molar refractivity (Wildman–Crippen MR) is 38.7 cm³/mol. The Kier molecular flexibility index (Phi) is 2.73. The molecule has 64 valence electrons. The number of carbonyl (C=O) groups excluding carboxylic acids is 4. The van der Waals surface area contributed by atoms with Gasteiger partial charge in [-0.05, 0) is 0 Å². The van der Waals surface area contributed by atoms with Crippen LogP contribution in [0, 0.1) is 0 Å². The van der Waals surface area contributed by atoms with E-state index >= 15 is 0 Å². The van der Waals surface area contributed by atoms with Crippen molar-refractivity contribution in [3.05, 3.63) is 0 Å². The van der Waals surface area contributed by atoms with E-state index in [4.69, 9.17) is 0 Å². The summed E-state index contributed by atoms with van der Waals surface area (Å²) in [6.45, 7) is 1.36. The third-order valence-corrected chi connectivity index (χ3v) is 5.12. The Morgan fingerprint density at radius 3 is 1.09 bits per heavy atom. The van der Waals surface area contributed by atoms with Gasteiger partial charge in [-0.1, -0.05) is 0 Å². The summed E-state index contributed by atoms with van der Waals surface area (Å²) in [4.78, 5) is 42.7. The molecule has 11 heavy (non-hydrogen) atoms. The monoisotopic (exact) mass is 200 g/mol. The Morgan fingerprint density at radius 1 is 0.818 bits per heavy atom. The van der Waals surface area contributed by atoms with Crippen LogP contribution in [0.2, 0.25) is 0 Å². The molecule has 0 fully saturated rings. The van der Waals surface area contributed by atoms with Gasteiger partial charge in [0.1, 0.15) is 0 Å². The summed E-state index contributed by atoms with van der Waals surface area (Å²) >= 11 is -4.15. The fourth-order valence-electron chi connectivity index (χ4n) is 0.310. The van der Waals surface area contributed by atoms with Crippen molar-refractivity contribution in [2.24, 2.45) is 0 Å². The van der Waals surface area contributed by atoms with Gasteiger partial charge in [-0.25, -0.2) is 0 Å². The van der Waals surface area contributed by atoms with Crippen LogP contribution in [0.4, 0.5) is 0 Å². The summed E-state index contributed by atoms with van der Waals surface area (Å²) < 4.78 is 0. The van der Waals surface area contributed by atoms with E-state index < -0.39 is 11.4 Å². The molecule has 0 heterocycles. The molecule has 5 heteroatoms. The van der Waals surface area contributed by atoms with Crippen molar-refractivity contribution in [2.75, 3.05) is 0 Å². The van der Waals surface area contributed by atoms with E-state index in [-0.39, 0.29) is 20.7 Å². The normalized spacial score (nSPS) is 13.7. The zero-order valence-corrected chi connectivity index (χ0v) is 6.98. The molecule has 0 bridgehead atoms. The average molecular weight is 200 g/mol. The van der Waals surface area contributed by atoms with Crippen LogP contribution in [0.3, 0.4) is 0 Å². The summed E-state index contributed by atoms with van der Waals surface area (Å²) in [5.41, 5.74) is 0. The van der Waals surface area contributed by atoms with Crippen LogP contribution in [0.5, 0.6) is 0 Å². The SMILES string of the molecule is C[CH]=[Fe]([CH]=O)([CH]=O)([CH]=O)[CH]=O. The first-order valence-electron chi connectivity index (χ1n) is 2.54. The van der Waals surface area contributed by atoms with E-state index in [1.165, 1.54) is 6.92 Å². The molecule has 0 aliphatic carbocycles. The molecule has 0 aromatic heterocycles. The first-order chi connectivity index (χ1) is 5.12. The van der Waals surface area contributed by atoms with Crippen molar-refractivity contribution < 1.29 is 30.5 Å². The molecule has 0 N–H and O–H groups in total. The van der Waals surface area contributed by atoms with Gasteiger partial charge in [-0.3, -0.25) is 0 Å². The zero-order chi connectivity index (χ0) is 8.98. The maximum atomic E-state index is 10.4. The van der Waals surface area contributed by atoms with Gasteiger partial charge in [-0.15, -0.1) is 0 Å². The van der Waals surface area contributed by atoms with Crippen molar-refractivity contribution in [1.29, 1.82) is 0 Å². The second kappa shape index (κ2) is 2.98. The molecule has 4 nitrogen and oxygen atoms in total. The van der Waals surface area contributed by atoms with Gasteiger partial charge in [0.05, 0.1) is 0 Å². The fourth-order valence-corrected chi connectivity index (χ4v) is 1.28. The fraction of sp³-hybridized carbons (Fsp3) is 0.167. The van der Waals surface area contributed by atoms with Gasteiger partial charge in [0.25, 0.3) is 0 Å². The first kappa shape index (κ1) is 10.1. The molecule has 0 aliphatic rings. The minimum absolute atomic E-state index is 0.163. The Bertz CT molecular complexity index is 223. The van der Waals surface area contributed by atoms with Crippen LogP contribution >= 0.6 is 0 Å². The summed E-state index contributed by atoms with van der Waals surface area (Å²) in [6, 6.07) is 0. The Balaban J connectivity index is 5.79. The quantitative estimate of drug-likeness (QED) is 0.442. The van der Waals surface area contributed by atoms with Crippen LogP contribution in [-0.4, -0.2) is 25.7 Å². The van der Waals surface area contributed by atoms with Gasteiger partial charge in [0, 0.05) is 0 Å². The molecule has 0 aromatic rings. The molecule has 0 radical (unpaired) electrons. The molecular weight excluding hydrogens is 192 g/mol. The van der Waals surface area contributed by atoms with Gasteiger partial charge < -0.3 is 0 Å². The number of hydrogen-bond donors (Lipinski definition) is 0. The van der Waals surface area contributed by atoms with Crippen LogP contribution in [0.1, 0.15) is 6.92 Å². The van der Waals surface area contributed by atoms with E-state index in [1.807, 2.05) is 0 Å². The summed E-state index contributed by atoms with van der Waals surface area (Å²) in [6.07, 6.45) is 0. The van der Waals surface area contributed by atoms with Gasteiger partial charge >= 0.3 is 63.1 Å². The molecule has 0 spiro atoms. The van der Waals surface area contributed by atoms with E-state index in [9.17, 15) is 19.2 Å². The summed E-state index contributed by atoms with van der Waals surface area (Å²) in [5, 5.41) is 0.650. The molecule has 0 unspecified atom stereocenters. The van der Waals surface area contributed by atoms with Crippen molar-refractivity contribution in [1.82, 2.24) is 0 Å². The van der Waals surface area contributed by atoms with Gasteiger partial charge in [-0.2, -0.15) is 0 Å². The van der Waals surface area contributed by atoms with Crippen molar-refractivity contribution >= 4 is 25.7 Å². The molecule has 0 aliphatic heterocycles. The van der Waals surface area contributed by atoms with Crippen LogP contribution in [-0.2, 0) is 30.5 Å². The van der Waals surface area contributed by atoms with Crippen LogP contribution < -0.4 is 0 Å². The molecular formula is C6H8FeO4. The second-order valence-corrected chi connectivity index (χ2v) is 7.08. The molecule has 0 amide bonds. The van der Waals surface area contributed by atoms with Crippen LogP contribution in [0.15, 0.2) is 0 Å². The standard InChI is InChI=1S/C2H4.4CHO.Fe/c5*1-2;/h1H,2H3;4*1H;. The summed E-state index contributed by atoms with van der Waals surface area (Å²) in [7, 11) is 0. The average Bonchev–Trinajstić information content (AvgIpc) is 2.12. The maximum absolute atomic E-state index is 10.4. The number of rotatable bonds is 4. The van der Waals surface area contributed by atoms with Crippen LogP contribution in [0.25, 0.3) is 0 Å². The van der Waals surface area contributed by atoms with Crippen molar-refractivity contribution in [3.8, 4) is 0 Å². The summed E-state index contributed by atoms with van der Waals surface area (Å²) in [5.74, 6) is 0. The predicted octanol–water partition coefficient (Wildman–Crippen LogP) is -0.741. The molecule has 0 saturated carbocycles. The molecule has 0 rings (SSSR count). The van der Waals surface area contributed by atoms with Gasteiger partial charge in [0.15, 0.2) is 0 Å². The molecule has 0 saturated heterocycles. The molecule has 0 atom stereocenters. The Labute approximate surface area is 63.7 Å². The zero-order valence-electron chi connectivity index (χ0n) is 5.87. The topological polar surface area (TPSA) is 68.3 Å². The van der Waals surface area contributed by atoms with E-state index in [0.717, 1.165) is 4.92 Å². The number of carbonyl (C=O) groups is 4. The van der Waals surface area contributed by atoms with E-state index in [1.54, 1.807) is 0 Å². The third-order valence-electron chi connectivity index (χ3n) is 1.24. The van der Waals surface area contributed by atoms with E-state index in [0.29, 0.717) is 0 Å². The third kappa shape index (κ3) is 1.25. The number of hydrogen-bond acceptors (Lipinski definition) is 4. The van der Waals surface area contributed by atoms with Crippen molar-refractivity contribution in [2.45, 2.75) is 6.92 Å².